The molecule has 0 bridgehead atoms. The Morgan fingerprint density at radius 3 is 2.11 bits per heavy atom. The number of benzene rings is 2. The zero-order chi connectivity index (χ0) is 26.1. The smallest absolute Gasteiger partial charge is 0.265 e. The van der Waals surface area contributed by atoms with Crippen molar-refractivity contribution in [2.45, 2.75) is 43.4 Å². The molecule has 2 aromatic carbocycles. The fourth-order valence-electron chi connectivity index (χ4n) is 3.95. The molecule has 196 valence electrons. The van der Waals surface area contributed by atoms with Crippen molar-refractivity contribution in [2.75, 3.05) is 39.3 Å². The summed E-state index contributed by atoms with van der Waals surface area (Å²) in [5, 5.41) is 4.27. The zero-order valence-electron chi connectivity index (χ0n) is 21.1. The van der Waals surface area contributed by atoms with Crippen LogP contribution in [-0.2, 0) is 14.8 Å². The van der Waals surface area contributed by atoms with Gasteiger partial charge in [0, 0.05) is 17.8 Å². The van der Waals surface area contributed by atoms with Crippen LogP contribution in [-0.4, -0.2) is 55.0 Å². The van der Waals surface area contributed by atoms with Crippen LogP contribution >= 0.6 is 0 Å². The van der Waals surface area contributed by atoms with Gasteiger partial charge in [-0.25, -0.2) is 13.8 Å². The number of anilines is 1. The van der Waals surface area contributed by atoms with Gasteiger partial charge in [0.05, 0.1) is 39.0 Å². The molecule has 0 radical (unpaired) electrons. The van der Waals surface area contributed by atoms with Crippen LogP contribution in [0.25, 0.3) is 0 Å². The second kappa shape index (κ2) is 12.5. The standard InChI is InChI=1S/C25H33N3O7S/c1-32-19-11-13-22(33-2)21(15-19)28(17-25(29)27-26-18-9-7-5-6-8-10-18)36(30,31)20-12-14-23(34-3)24(16-20)35-4/h11-16H,5-10,17H2,1-4H3,(H,27,29). The highest BCUT2D eigenvalue weighted by Gasteiger charge is 2.31. The van der Waals surface area contributed by atoms with Crippen molar-refractivity contribution in [1.82, 2.24) is 5.43 Å². The van der Waals surface area contributed by atoms with E-state index in [0.29, 0.717) is 11.5 Å². The fourth-order valence-corrected chi connectivity index (χ4v) is 5.39. The maximum atomic E-state index is 13.9. The van der Waals surface area contributed by atoms with Crippen LogP contribution < -0.4 is 28.7 Å². The molecule has 36 heavy (non-hydrogen) atoms. The molecule has 0 unspecified atom stereocenters. The first-order chi connectivity index (χ1) is 17.3. The largest absolute Gasteiger partial charge is 0.497 e. The molecule has 10 nitrogen and oxygen atoms in total. The molecule has 1 aliphatic rings. The SMILES string of the molecule is COc1ccc(OC)c(N(CC(=O)NN=C2CCCCCC2)S(=O)(=O)c2ccc(OC)c(OC)c2)c1. The predicted molar refractivity (Wildman–Crippen MR) is 137 cm³/mol. The number of hydrogen-bond acceptors (Lipinski definition) is 8. The molecule has 0 spiro atoms. The van der Waals surface area contributed by atoms with E-state index in [1.807, 2.05) is 0 Å². The van der Waals surface area contributed by atoms with Gasteiger partial charge in [-0.05, 0) is 49.9 Å². The minimum atomic E-state index is -4.26. The molecule has 1 aliphatic carbocycles. The number of carbonyl (C=O) groups is 1. The molecule has 1 amide bonds. The van der Waals surface area contributed by atoms with Gasteiger partial charge in [0.1, 0.15) is 18.0 Å². The Balaban J connectivity index is 2.02. The minimum Gasteiger partial charge on any atom is -0.497 e. The quantitative estimate of drug-likeness (QED) is 0.375. The molecule has 0 aliphatic heterocycles. The third kappa shape index (κ3) is 6.39. The number of ether oxygens (including phenoxy) is 4. The lowest BCUT2D eigenvalue weighted by Crippen LogP contribution is -2.40. The van der Waals surface area contributed by atoms with Crippen LogP contribution in [0.2, 0.25) is 0 Å². The normalized spacial score (nSPS) is 13.8. The number of nitrogens with zero attached hydrogens (tertiary/aromatic N) is 2. The summed E-state index contributed by atoms with van der Waals surface area (Å²) < 4.78 is 50.0. The highest BCUT2D eigenvalue weighted by atomic mass is 32.2. The van der Waals surface area contributed by atoms with Crippen molar-refractivity contribution >= 4 is 27.3 Å². The molecule has 1 saturated carbocycles. The number of carbonyl (C=O) groups excluding carboxylic acids is 1. The van der Waals surface area contributed by atoms with E-state index in [9.17, 15) is 13.2 Å². The fraction of sp³-hybridized carbons (Fsp3) is 0.440. The van der Waals surface area contributed by atoms with Crippen LogP contribution in [0.5, 0.6) is 23.0 Å². The number of methoxy groups -OCH3 is 4. The summed E-state index contributed by atoms with van der Waals surface area (Å²) in [5.74, 6) is 0.681. The molecule has 0 saturated heterocycles. The predicted octanol–water partition coefficient (Wildman–Crippen LogP) is 3.74. The van der Waals surface area contributed by atoms with Gasteiger partial charge in [-0.15, -0.1) is 0 Å². The molecule has 0 atom stereocenters. The maximum Gasteiger partial charge on any atom is 0.265 e. The summed E-state index contributed by atoms with van der Waals surface area (Å²) in [5.41, 5.74) is 3.59. The lowest BCUT2D eigenvalue weighted by molar-refractivity contribution is -0.119. The molecule has 1 fully saturated rings. The number of rotatable bonds is 10. The van der Waals surface area contributed by atoms with Gasteiger partial charge < -0.3 is 18.9 Å². The van der Waals surface area contributed by atoms with Gasteiger partial charge in [0.15, 0.2) is 11.5 Å². The Bertz CT molecular complexity index is 1190. The first-order valence-electron chi connectivity index (χ1n) is 11.6. The molecule has 2 aromatic rings. The van der Waals surface area contributed by atoms with Crippen LogP contribution in [0.3, 0.4) is 0 Å². The van der Waals surface area contributed by atoms with Gasteiger partial charge in [0.2, 0.25) is 0 Å². The lowest BCUT2D eigenvalue weighted by Gasteiger charge is -2.26. The van der Waals surface area contributed by atoms with Crippen molar-refractivity contribution in [1.29, 1.82) is 0 Å². The number of amides is 1. The van der Waals surface area contributed by atoms with E-state index in [4.69, 9.17) is 18.9 Å². The van der Waals surface area contributed by atoms with E-state index in [2.05, 4.69) is 10.5 Å². The maximum absolute atomic E-state index is 13.9. The summed E-state index contributed by atoms with van der Waals surface area (Å²) in [6.45, 7) is -0.531. The van der Waals surface area contributed by atoms with Crippen LogP contribution in [0.4, 0.5) is 5.69 Å². The monoisotopic (exact) mass is 519 g/mol. The Hall–Kier alpha value is -3.47. The van der Waals surface area contributed by atoms with Crippen molar-refractivity contribution in [3.63, 3.8) is 0 Å². The average Bonchev–Trinajstić information content (AvgIpc) is 3.18. The topological polar surface area (TPSA) is 116 Å². The summed E-state index contributed by atoms with van der Waals surface area (Å²) >= 11 is 0. The molecular formula is C25H33N3O7S. The van der Waals surface area contributed by atoms with Gasteiger partial charge in [-0.3, -0.25) is 9.10 Å². The highest BCUT2D eigenvalue weighted by molar-refractivity contribution is 7.92. The molecule has 0 aromatic heterocycles. The second-order valence-corrected chi connectivity index (χ2v) is 10.1. The number of nitrogens with one attached hydrogen (secondary N) is 1. The van der Waals surface area contributed by atoms with E-state index in [1.165, 1.54) is 52.7 Å². The van der Waals surface area contributed by atoms with E-state index in [0.717, 1.165) is 48.5 Å². The summed E-state index contributed by atoms with van der Waals surface area (Å²) in [7, 11) is 1.50. The summed E-state index contributed by atoms with van der Waals surface area (Å²) in [6.07, 6.45) is 5.96. The zero-order valence-corrected chi connectivity index (χ0v) is 21.9. The Morgan fingerprint density at radius 2 is 1.50 bits per heavy atom. The minimum absolute atomic E-state index is 0.0899. The Labute approximate surface area is 212 Å². The number of sulfonamides is 1. The van der Waals surface area contributed by atoms with Gasteiger partial charge in [-0.1, -0.05) is 12.8 Å². The van der Waals surface area contributed by atoms with E-state index in [1.54, 1.807) is 12.1 Å². The number of hydrogen-bond donors (Lipinski definition) is 1. The van der Waals surface area contributed by atoms with Crippen molar-refractivity contribution in [3.05, 3.63) is 36.4 Å². The van der Waals surface area contributed by atoms with Gasteiger partial charge >= 0.3 is 0 Å². The molecule has 3 rings (SSSR count). The van der Waals surface area contributed by atoms with E-state index >= 15 is 0 Å². The molecule has 1 N–H and O–H groups in total. The van der Waals surface area contributed by atoms with Crippen molar-refractivity contribution in [3.8, 4) is 23.0 Å². The summed E-state index contributed by atoms with van der Waals surface area (Å²) in [6, 6.07) is 8.94. The Morgan fingerprint density at radius 1 is 0.861 bits per heavy atom. The van der Waals surface area contributed by atoms with Crippen molar-refractivity contribution < 1.29 is 32.2 Å². The molecule has 11 heteroatoms. The molecular weight excluding hydrogens is 486 g/mol. The van der Waals surface area contributed by atoms with Crippen LogP contribution in [0, 0.1) is 0 Å². The lowest BCUT2D eigenvalue weighted by atomic mass is 10.2. The van der Waals surface area contributed by atoms with Crippen molar-refractivity contribution in [2.24, 2.45) is 5.10 Å². The first kappa shape index (κ1) is 27.1. The van der Waals surface area contributed by atoms with Gasteiger partial charge in [-0.2, -0.15) is 5.10 Å². The third-order valence-electron chi connectivity index (χ3n) is 5.90. The van der Waals surface area contributed by atoms with Crippen LogP contribution in [0.1, 0.15) is 38.5 Å². The highest BCUT2D eigenvalue weighted by Crippen LogP contribution is 2.37. The number of hydrazone groups is 1. The van der Waals surface area contributed by atoms with E-state index < -0.39 is 22.5 Å². The van der Waals surface area contributed by atoms with Crippen LogP contribution in [0.15, 0.2) is 46.4 Å². The van der Waals surface area contributed by atoms with E-state index in [-0.39, 0.29) is 22.1 Å². The first-order valence-corrected chi connectivity index (χ1v) is 13.1. The second-order valence-electron chi connectivity index (χ2n) is 8.19. The Kier molecular flexibility index (Phi) is 9.40. The van der Waals surface area contributed by atoms with Gasteiger partial charge in [0.25, 0.3) is 15.9 Å². The molecule has 0 heterocycles. The average molecular weight is 520 g/mol. The summed E-state index contributed by atoms with van der Waals surface area (Å²) in [4.78, 5) is 12.9. The third-order valence-corrected chi connectivity index (χ3v) is 7.66.